The fraction of sp³-hybridized carbons (Fsp3) is 0.212. The minimum Gasteiger partial charge on any atom is -0.496 e. The molecular formula is C33H30Br2N4OS. The second-order valence-corrected chi connectivity index (χ2v) is 12.8. The molecule has 1 saturated heterocycles. The summed E-state index contributed by atoms with van der Waals surface area (Å²) in [4.78, 5) is 15.2. The van der Waals surface area contributed by atoms with Crippen LogP contribution < -0.4 is 9.64 Å². The van der Waals surface area contributed by atoms with Crippen molar-refractivity contribution in [2.24, 2.45) is 0 Å². The van der Waals surface area contributed by atoms with Crippen molar-refractivity contribution in [1.29, 1.82) is 0 Å². The molecule has 1 fully saturated rings. The molecule has 5 aromatic rings. The predicted octanol–water partition coefficient (Wildman–Crippen LogP) is 8.37. The van der Waals surface area contributed by atoms with Gasteiger partial charge in [-0.05, 0) is 53.6 Å². The summed E-state index contributed by atoms with van der Waals surface area (Å²) < 4.78 is 7.76. The lowest BCUT2D eigenvalue weighted by molar-refractivity contribution is 0.211. The zero-order valence-electron chi connectivity index (χ0n) is 22.7. The standard InChI is InChI=1S/C33H30Br2N4OS/c1-40-30-16-15-27(35)21-25(30)22-41-33-32(36-28-9-5-6-10-29(28)37-33)39-19-17-38(18-20-39)31(23-7-3-2-4-8-23)24-11-13-26(34)14-12-24/h2-16,21,31H,17-20,22H2,1H3. The van der Waals surface area contributed by atoms with E-state index in [4.69, 9.17) is 14.7 Å². The van der Waals surface area contributed by atoms with Crippen LogP contribution in [0.1, 0.15) is 22.7 Å². The molecule has 4 aromatic carbocycles. The zero-order valence-corrected chi connectivity index (χ0v) is 26.7. The molecule has 1 aliphatic rings. The quantitative estimate of drug-likeness (QED) is 0.153. The van der Waals surface area contributed by atoms with Crippen LogP contribution >= 0.6 is 43.6 Å². The second kappa shape index (κ2) is 12.9. The highest BCUT2D eigenvalue weighted by Gasteiger charge is 2.28. The first-order valence-corrected chi connectivity index (χ1v) is 16.2. The topological polar surface area (TPSA) is 41.5 Å². The van der Waals surface area contributed by atoms with E-state index in [0.717, 1.165) is 74.1 Å². The van der Waals surface area contributed by atoms with Gasteiger partial charge in [-0.3, -0.25) is 4.90 Å². The van der Waals surface area contributed by atoms with Gasteiger partial charge in [0.1, 0.15) is 10.8 Å². The number of hydrogen-bond acceptors (Lipinski definition) is 6. The number of piperazine rings is 1. The summed E-state index contributed by atoms with van der Waals surface area (Å²) >= 11 is 8.92. The van der Waals surface area contributed by atoms with Crippen LogP contribution in [0, 0.1) is 0 Å². The van der Waals surface area contributed by atoms with Crippen LogP contribution in [0.25, 0.3) is 11.0 Å². The van der Waals surface area contributed by atoms with E-state index in [1.807, 2.05) is 36.4 Å². The fourth-order valence-electron chi connectivity index (χ4n) is 5.37. The van der Waals surface area contributed by atoms with Crippen LogP contribution in [-0.2, 0) is 5.75 Å². The lowest BCUT2D eigenvalue weighted by Crippen LogP contribution is -2.48. The Morgan fingerprint density at radius 1 is 0.756 bits per heavy atom. The first-order valence-electron chi connectivity index (χ1n) is 13.6. The maximum Gasteiger partial charge on any atom is 0.162 e. The molecule has 208 valence electrons. The molecule has 6 rings (SSSR count). The number of rotatable bonds is 8. The third-order valence-electron chi connectivity index (χ3n) is 7.41. The van der Waals surface area contributed by atoms with Gasteiger partial charge < -0.3 is 9.64 Å². The molecule has 1 aromatic heterocycles. The minimum absolute atomic E-state index is 0.201. The monoisotopic (exact) mass is 688 g/mol. The molecule has 0 saturated carbocycles. The van der Waals surface area contributed by atoms with Crippen molar-refractivity contribution in [3.63, 3.8) is 0 Å². The summed E-state index contributed by atoms with van der Waals surface area (Å²) in [6.07, 6.45) is 0. The van der Waals surface area contributed by atoms with E-state index in [9.17, 15) is 0 Å². The van der Waals surface area contributed by atoms with E-state index in [1.54, 1.807) is 18.9 Å². The number of halogens is 2. The number of thioether (sulfide) groups is 1. The van der Waals surface area contributed by atoms with Gasteiger partial charge in [-0.25, -0.2) is 9.97 Å². The number of nitrogens with zero attached hydrogens (tertiary/aromatic N) is 4. The van der Waals surface area contributed by atoms with Gasteiger partial charge in [0.2, 0.25) is 0 Å². The minimum atomic E-state index is 0.201. The molecule has 0 amide bonds. The van der Waals surface area contributed by atoms with Crippen molar-refractivity contribution in [2.75, 3.05) is 38.2 Å². The molecule has 0 aliphatic carbocycles. The zero-order chi connectivity index (χ0) is 28.2. The summed E-state index contributed by atoms with van der Waals surface area (Å²) in [6.45, 7) is 3.60. The molecule has 1 atom stereocenters. The van der Waals surface area contributed by atoms with Gasteiger partial charge in [-0.15, -0.1) is 0 Å². The van der Waals surface area contributed by atoms with Crippen LogP contribution in [0.2, 0.25) is 0 Å². The lowest BCUT2D eigenvalue weighted by Gasteiger charge is -2.40. The smallest absolute Gasteiger partial charge is 0.162 e. The first-order chi connectivity index (χ1) is 20.1. The average molecular weight is 691 g/mol. The van der Waals surface area contributed by atoms with Crippen LogP contribution in [-0.4, -0.2) is 48.2 Å². The molecular weight excluding hydrogens is 660 g/mol. The summed E-state index contributed by atoms with van der Waals surface area (Å²) in [5, 5.41) is 0.951. The molecule has 0 N–H and O–H groups in total. The molecule has 1 aliphatic heterocycles. The van der Waals surface area contributed by atoms with Crippen molar-refractivity contribution in [2.45, 2.75) is 16.8 Å². The molecule has 2 heterocycles. The maximum absolute atomic E-state index is 5.63. The molecule has 0 spiro atoms. The second-order valence-electron chi connectivity index (χ2n) is 9.97. The Bertz CT molecular complexity index is 1630. The Labute approximate surface area is 262 Å². The fourth-order valence-corrected chi connectivity index (χ4v) is 7.03. The number of aromatic nitrogens is 2. The van der Waals surface area contributed by atoms with E-state index >= 15 is 0 Å². The van der Waals surface area contributed by atoms with E-state index in [-0.39, 0.29) is 6.04 Å². The van der Waals surface area contributed by atoms with Gasteiger partial charge >= 0.3 is 0 Å². The number of para-hydroxylation sites is 2. The molecule has 41 heavy (non-hydrogen) atoms. The number of ether oxygens (including phenoxy) is 1. The molecule has 5 nitrogen and oxygen atoms in total. The summed E-state index contributed by atoms with van der Waals surface area (Å²) in [7, 11) is 1.72. The van der Waals surface area contributed by atoms with Crippen molar-refractivity contribution in [3.8, 4) is 5.75 Å². The van der Waals surface area contributed by atoms with Gasteiger partial charge in [0.25, 0.3) is 0 Å². The van der Waals surface area contributed by atoms with E-state index < -0.39 is 0 Å². The summed E-state index contributed by atoms with van der Waals surface area (Å²) in [5.74, 6) is 2.58. The van der Waals surface area contributed by atoms with Gasteiger partial charge in [0.05, 0.1) is 24.2 Å². The molecule has 8 heteroatoms. The van der Waals surface area contributed by atoms with Crippen molar-refractivity contribution >= 4 is 60.5 Å². The number of methoxy groups -OCH3 is 1. The predicted molar refractivity (Wildman–Crippen MR) is 176 cm³/mol. The first kappa shape index (κ1) is 28.2. The Hall–Kier alpha value is -2.91. The number of fused-ring (bicyclic) bond motifs is 1. The average Bonchev–Trinajstić information content (AvgIpc) is 3.01. The highest BCUT2D eigenvalue weighted by molar-refractivity contribution is 9.10. The largest absolute Gasteiger partial charge is 0.496 e. The van der Waals surface area contributed by atoms with Gasteiger partial charge in [0.15, 0.2) is 5.82 Å². The van der Waals surface area contributed by atoms with Crippen molar-refractivity contribution in [1.82, 2.24) is 14.9 Å². The van der Waals surface area contributed by atoms with Gasteiger partial charge in [-0.1, -0.05) is 98.2 Å². The third-order valence-corrected chi connectivity index (χ3v) is 9.43. The Morgan fingerprint density at radius 2 is 1.39 bits per heavy atom. The SMILES string of the molecule is COc1ccc(Br)cc1CSc1nc2ccccc2nc1N1CCN(C(c2ccccc2)c2ccc(Br)cc2)CC1. The van der Waals surface area contributed by atoms with E-state index in [1.165, 1.54) is 11.1 Å². The van der Waals surface area contributed by atoms with Gasteiger partial charge in [0, 0.05) is 46.4 Å². The number of hydrogen-bond donors (Lipinski definition) is 0. The maximum atomic E-state index is 5.63. The summed E-state index contributed by atoms with van der Waals surface area (Å²) in [5.41, 5.74) is 5.58. The summed E-state index contributed by atoms with van der Waals surface area (Å²) in [6, 6.07) is 34.0. The van der Waals surface area contributed by atoms with Crippen LogP contribution in [0.15, 0.2) is 111 Å². The Kier molecular flexibility index (Phi) is 8.91. The normalized spacial score (nSPS) is 14.8. The van der Waals surface area contributed by atoms with Crippen molar-refractivity contribution < 1.29 is 4.74 Å². The Morgan fingerprint density at radius 3 is 2.10 bits per heavy atom. The van der Waals surface area contributed by atoms with Crippen molar-refractivity contribution in [3.05, 3.63) is 123 Å². The third kappa shape index (κ3) is 6.46. The highest BCUT2D eigenvalue weighted by atomic mass is 79.9. The van der Waals surface area contributed by atoms with E-state index in [2.05, 4.69) is 102 Å². The molecule has 0 radical (unpaired) electrons. The number of benzene rings is 4. The highest BCUT2D eigenvalue weighted by Crippen LogP contribution is 2.36. The lowest BCUT2D eigenvalue weighted by atomic mass is 9.96. The van der Waals surface area contributed by atoms with E-state index in [0.29, 0.717) is 0 Å². The molecule has 1 unspecified atom stereocenters. The number of anilines is 1. The molecule has 0 bridgehead atoms. The van der Waals surface area contributed by atoms with Gasteiger partial charge in [-0.2, -0.15) is 0 Å². The van der Waals surface area contributed by atoms with Crippen LogP contribution in [0.5, 0.6) is 5.75 Å². The van der Waals surface area contributed by atoms with Crippen LogP contribution in [0.3, 0.4) is 0 Å². The van der Waals surface area contributed by atoms with Crippen LogP contribution in [0.4, 0.5) is 5.82 Å². The Balaban J connectivity index is 1.27.